The van der Waals surface area contributed by atoms with Gasteiger partial charge in [0.15, 0.2) is 0 Å². The molecule has 0 fully saturated rings. The summed E-state index contributed by atoms with van der Waals surface area (Å²) in [4.78, 5) is 10.8. The zero-order chi connectivity index (χ0) is 17.9. The predicted octanol–water partition coefficient (Wildman–Crippen LogP) is 5.68. The van der Waals surface area contributed by atoms with Crippen LogP contribution >= 0.6 is 11.3 Å². The topological polar surface area (TPSA) is 44.2 Å². The second kappa shape index (κ2) is 7.14. The SMILES string of the molecule is Cc1sc2ncnc(Oc3ccc(OCc4ccccc4)cc3)c2c1C. The summed E-state index contributed by atoms with van der Waals surface area (Å²) < 4.78 is 11.8. The molecular formula is C21H18N2O2S. The Labute approximate surface area is 156 Å². The lowest BCUT2D eigenvalue weighted by atomic mass is 10.2. The fourth-order valence-electron chi connectivity index (χ4n) is 2.68. The number of rotatable bonds is 5. The van der Waals surface area contributed by atoms with Crippen molar-refractivity contribution < 1.29 is 9.47 Å². The van der Waals surface area contributed by atoms with Gasteiger partial charge in [0.1, 0.15) is 29.3 Å². The van der Waals surface area contributed by atoms with Gasteiger partial charge < -0.3 is 9.47 Å². The molecule has 2 aromatic carbocycles. The highest BCUT2D eigenvalue weighted by Crippen LogP contribution is 2.35. The average Bonchev–Trinajstić information content (AvgIpc) is 2.97. The standard InChI is InChI=1S/C21H18N2O2S/c1-14-15(2)26-21-19(14)20(22-13-23-21)25-18-10-8-17(9-11-18)24-12-16-6-4-3-5-7-16/h3-11,13H,12H2,1-2H3. The molecule has 0 amide bonds. The van der Waals surface area contributed by atoms with Gasteiger partial charge in [-0.2, -0.15) is 0 Å². The Bertz CT molecular complexity index is 1030. The van der Waals surface area contributed by atoms with E-state index in [0.717, 1.165) is 27.3 Å². The van der Waals surface area contributed by atoms with E-state index in [1.54, 1.807) is 17.7 Å². The van der Waals surface area contributed by atoms with E-state index in [2.05, 4.69) is 23.8 Å². The van der Waals surface area contributed by atoms with Gasteiger partial charge in [0.2, 0.25) is 5.88 Å². The van der Waals surface area contributed by atoms with Gasteiger partial charge in [0.05, 0.1) is 5.39 Å². The van der Waals surface area contributed by atoms with E-state index in [4.69, 9.17) is 9.47 Å². The summed E-state index contributed by atoms with van der Waals surface area (Å²) in [6, 6.07) is 17.7. The molecule has 26 heavy (non-hydrogen) atoms. The van der Waals surface area contributed by atoms with Crippen LogP contribution in [0.5, 0.6) is 17.4 Å². The van der Waals surface area contributed by atoms with Crippen LogP contribution in [0.2, 0.25) is 0 Å². The van der Waals surface area contributed by atoms with Crippen LogP contribution in [-0.4, -0.2) is 9.97 Å². The zero-order valence-electron chi connectivity index (χ0n) is 14.6. The molecule has 4 aromatic rings. The highest BCUT2D eigenvalue weighted by molar-refractivity contribution is 7.18. The maximum absolute atomic E-state index is 6.00. The third-order valence-corrected chi connectivity index (χ3v) is 5.33. The fourth-order valence-corrected chi connectivity index (χ4v) is 3.67. The van der Waals surface area contributed by atoms with Crippen molar-refractivity contribution in [3.63, 3.8) is 0 Å². The molecule has 2 heterocycles. The van der Waals surface area contributed by atoms with E-state index >= 15 is 0 Å². The quantitative estimate of drug-likeness (QED) is 0.458. The fraction of sp³-hybridized carbons (Fsp3) is 0.143. The number of fused-ring (bicyclic) bond motifs is 1. The number of ether oxygens (including phenoxy) is 2. The molecule has 130 valence electrons. The Morgan fingerprint density at radius 3 is 2.38 bits per heavy atom. The minimum Gasteiger partial charge on any atom is -0.489 e. The molecule has 0 spiro atoms. The van der Waals surface area contributed by atoms with Gasteiger partial charge in [-0.05, 0) is 49.2 Å². The van der Waals surface area contributed by atoms with Crippen molar-refractivity contribution in [3.8, 4) is 17.4 Å². The molecule has 0 saturated heterocycles. The Kier molecular flexibility index (Phi) is 4.54. The van der Waals surface area contributed by atoms with Crippen LogP contribution in [0.1, 0.15) is 16.0 Å². The van der Waals surface area contributed by atoms with E-state index in [-0.39, 0.29) is 0 Å². The van der Waals surface area contributed by atoms with Crippen molar-refractivity contribution in [2.45, 2.75) is 20.5 Å². The zero-order valence-corrected chi connectivity index (χ0v) is 15.4. The van der Waals surface area contributed by atoms with E-state index < -0.39 is 0 Å². The lowest BCUT2D eigenvalue weighted by molar-refractivity contribution is 0.305. The molecule has 0 aliphatic rings. The summed E-state index contributed by atoms with van der Waals surface area (Å²) in [6.07, 6.45) is 1.55. The monoisotopic (exact) mass is 362 g/mol. The first-order valence-corrected chi connectivity index (χ1v) is 9.18. The second-order valence-corrected chi connectivity index (χ2v) is 7.19. The number of benzene rings is 2. The van der Waals surface area contributed by atoms with Crippen LogP contribution in [0.25, 0.3) is 10.2 Å². The van der Waals surface area contributed by atoms with Crippen molar-refractivity contribution in [2.75, 3.05) is 0 Å². The third-order valence-electron chi connectivity index (χ3n) is 4.22. The van der Waals surface area contributed by atoms with Crippen LogP contribution in [0.15, 0.2) is 60.9 Å². The summed E-state index contributed by atoms with van der Waals surface area (Å²) in [7, 11) is 0. The number of nitrogens with zero attached hydrogens (tertiary/aromatic N) is 2. The summed E-state index contributed by atoms with van der Waals surface area (Å²) in [5.41, 5.74) is 2.31. The molecule has 0 unspecified atom stereocenters. The number of thiophene rings is 1. The molecule has 0 aliphatic heterocycles. The third kappa shape index (κ3) is 3.39. The largest absolute Gasteiger partial charge is 0.489 e. The highest BCUT2D eigenvalue weighted by atomic mass is 32.1. The smallest absolute Gasteiger partial charge is 0.231 e. The lowest BCUT2D eigenvalue weighted by Crippen LogP contribution is -1.95. The second-order valence-electron chi connectivity index (χ2n) is 5.99. The molecule has 0 aliphatic carbocycles. The van der Waals surface area contributed by atoms with Gasteiger partial charge in [-0.3, -0.25) is 0 Å². The minimum absolute atomic E-state index is 0.543. The first kappa shape index (κ1) is 16.5. The van der Waals surface area contributed by atoms with Crippen molar-refractivity contribution in [1.82, 2.24) is 9.97 Å². The molecule has 4 rings (SSSR count). The Balaban J connectivity index is 1.49. The highest BCUT2D eigenvalue weighted by Gasteiger charge is 2.13. The first-order valence-electron chi connectivity index (χ1n) is 8.36. The molecule has 0 radical (unpaired) electrons. The molecule has 4 nitrogen and oxygen atoms in total. The first-order chi connectivity index (χ1) is 12.7. The van der Waals surface area contributed by atoms with Crippen molar-refractivity contribution >= 4 is 21.6 Å². The van der Waals surface area contributed by atoms with E-state index in [9.17, 15) is 0 Å². The molecule has 2 aromatic heterocycles. The molecule has 0 N–H and O–H groups in total. The van der Waals surface area contributed by atoms with Crippen LogP contribution in [0, 0.1) is 13.8 Å². The van der Waals surface area contributed by atoms with E-state index in [0.29, 0.717) is 12.5 Å². The summed E-state index contributed by atoms with van der Waals surface area (Å²) in [6.45, 7) is 4.70. The molecule has 0 atom stereocenters. The minimum atomic E-state index is 0.543. The number of hydrogen-bond acceptors (Lipinski definition) is 5. The molecule has 5 heteroatoms. The summed E-state index contributed by atoms with van der Waals surface area (Å²) in [5.74, 6) is 2.12. The molecule has 0 saturated carbocycles. The van der Waals surface area contributed by atoms with Crippen LogP contribution in [-0.2, 0) is 6.61 Å². The van der Waals surface area contributed by atoms with Gasteiger partial charge in [0.25, 0.3) is 0 Å². The maximum atomic E-state index is 6.00. The Morgan fingerprint density at radius 1 is 0.885 bits per heavy atom. The normalized spacial score (nSPS) is 10.8. The van der Waals surface area contributed by atoms with Crippen LogP contribution in [0.4, 0.5) is 0 Å². The Hall–Kier alpha value is -2.92. The number of aryl methyl sites for hydroxylation is 2. The molecule has 0 bridgehead atoms. The van der Waals surface area contributed by atoms with Crippen molar-refractivity contribution in [2.24, 2.45) is 0 Å². The average molecular weight is 362 g/mol. The summed E-state index contributed by atoms with van der Waals surface area (Å²) in [5, 5.41) is 0.986. The lowest BCUT2D eigenvalue weighted by Gasteiger charge is -2.09. The van der Waals surface area contributed by atoms with Gasteiger partial charge in [-0.15, -0.1) is 11.3 Å². The summed E-state index contributed by atoms with van der Waals surface area (Å²) >= 11 is 1.66. The van der Waals surface area contributed by atoms with Gasteiger partial charge in [-0.25, -0.2) is 9.97 Å². The predicted molar refractivity (Wildman–Crippen MR) is 104 cm³/mol. The van der Waals surface area contributed by atoms with Gasteiger partial charge in [0, 0.05) is 4.88 Å². The number of hydrogen-bond donors (Lipinski definition) is 0. The van der Waals surface area contributed by atoms with Gasteiger partial charge in [-0.1, -0.05) is 30.3 Å². The van der Waals surface area contributed by atoms with Crippen molar-refractivity contribution in [3.05, 3.63) is 76.9 Å². The van der Waals surface area contributed by atoms with Crippen LogP contribution < -0.4 is 9.47 Å². The van der Waals surface area contributed by atoms with Gasteiger partial charge >= 0.3 is 0 Å². The van der Waals surface area contributed by atoms with E-state index in [1.165, 1.54) is 10.4 Å². The van der Waals surface area contributed by atoms with Crippen LogP contribution in [0.3, 0.4) is 0 Å². The maximum Gasteiger partial charge on any atom is 0.231 e. The molecular weight excluding hydrogens is 344 g/mol. The number of aromatic nitrogens is 2. The van der Waals surface area contributed by atoms with E-state index in [1.807, 2.05) is 54.6 Å². The van der Waals surface area contributed by atoms with Crippen molar-refractivity contribution in [1.29, 1.82) is 0 Å². The Morgan fingerprint density at radius 2 is 1.62 bits per heavy atom.